The Morgan fingerprint density at radius 2 is 1.65 bits per heavy atom. The maximum Gasteiger partial charge on any atom is 0.0366 e. The van der Waals surface area contributed by atoms with Crippen LogP contribution in [0.5, 0.6) is 0 Å². The summed E-state index contributed by atoms with van der Waals surface area (Å²) in [6, 6.07) is 9.10. The average Bonchev–Trinajstić information content (AvgIpc) is 2.54. The third-order valence-corrected chi connectivity index (χ3v) is 3.64. The number of rotatable bonds is 2. The van der Waals surface area contributed by atoms with Crippen LogP contribution in [0, 0.1) is 0 Å². The molecule has 1 saturated heterocycles. The van der Waals surface area contributed by atoms with Gasteiger partial charge in [0.2, 0.25) is 0 Å². The van der Waals surface area contributed by atoms with Gasteiger partial charge in [-0.2, -0.15) is 0 Å². The van der Waals surface area contributed by atoms with E-state index in [0.29, 0.717) is 5.92 Å². The number of hydrogen-bond donors (Lipinski definition) is 0. The molecule has 2 heteroatoms. The predicted molar refractivity (Wildman–Crippen MR) is 74.9 cm³/mol. The molecular formula is C15H24N2. The number of nitrogens with zero attached hydrogens (tertiary/aromatic N) is 2. The van der Waals surface area contributed by atoms with E-state index in [0.717, 1.165) is 6.54 Å². The maximum atomic E-state index is 2.51. The van der Waals surface area contributed by atoms with Crippen LogP contribution in [-0.4, -0.2) is 38.1 Å². The van der Waals surface area contributed by atoms with Crippen LogP contribution in [0.3, 0.4) is 0 Å². The zero-order chi connectivity index (χ0) is 12.3. The quantitative estimate of drug-likeness (QED) is 0.773. The van der Waals surface area contributed by atoms with Gasteiger partial charge in [0.1, 0.15) is 0 Å². The first-order valence-electron chi connectivity index (χ1n) is 6.70. The molecule has 0 amide bonds. The minimum atomic E-state index is 0.624. The summed E-state index contributed by atoms with van der Waals surface area (Å²) < 4.78 is 0. The molecule has 1 aliphatic heterocycles. The van der Waals surface area contributed by atoms with Crippen LogP contribution in [-0.2, 0) is 0 Å². The second kappa shape index (κ2) is 5.54. The second-order valence-corrected chi connectivity index (χ2v) is 5.39. The van der Waals surface area contributed by atoms with Gasteiger partial charge in [-0.1, -0.05) is 26.0 Å². The van der Waals surface area contributed by atoms with Gasteiger partial charge in [0, 0.05) is 25.3 Å². The van der Waals surface area contributed by atoms with Crippen molar-refractivity contribution >= 4 is 5.69 Å². The number of hydrogen-bond acceptors (Lipinski definition) is 2. The molecular weight excluding hydrogens is 208 g/mol. The van der Waals surface area contributed by atoms with Gasteiger partial charge >= 0.3 is 0 Å². The normalized spacial score (nSPS) is 18.5. The molecule has 0 radical (unpaired) electrons. The lowest BCUT2D eigenvalue weighted by Crippen LogP contribution is -2.28. The first-order chi connectivity index (χ1) is 8.16. The smallest absolute Gasteiger partial charge is 0.0366 e. The fourth-order valence-corrected chi connectivity index (χ4v) is 2.37. The largest absolute Gasteiger partial charge is 0.370 e. The van der Waals surface area contributed by atoms with E-state index >= 15 is 0 Å². The molecule has 0 aliphatic carbocycles. The summed E-state index contributed by atoms with van der Waals surface area (Å²) in [5.41, 5.74) is 2.81. The van der Waals surface area contributed by atoms with Crippen molar-refractivity contribution in [2.45, 2.75) is 26.2 Å². The minimum Gasteiger partial charge on any atom is -0.370 e. The summed E-state index contributed by atoms with van der Waals surface area (Å²) >= 11 is 0. The van der Waals surface area contributed by atoms with E-state index in [9.17, 15) is 0 Å². The molecule has 2 rings (SSSR count). The molecule has 1 aromatic carbocycles. The topological polar surface area (TPSA) is 6.48 Å². The van der Waals surface area contributed by atoms with Crippen molar-refractivity contribution in [3.05, 3.63) is 29.8 Å². The maximum absolute atomic E-state index is 2.51. The van der Waals surface area contributed by atoms with E-state index < -0.39 is 0 Å². The molecule has 0 atom stereocenters. The van der Waals surface area contributed by atoms with Crippen LogP contribution in [0.1, 0.15) is 31.7 Å². The highest BCUT2D eigenvalue weighted by molar-refractivity contribution is 5.48. The van der Waals surface area contributed by atoms with Crippen LogP contribution in [0.2, 0.25) is 0 Å². The van der Waals surface area contributed by atoms with Crippen LogP contribution in [0.25, 0.3) is 0 Å². The Labute approximate surface area is 105 Å². The fourth-order valence-electron chi connectivity index (χ4n) is 2.37. The van der Waals surface area contributed by atoms with Gasteiger partial charge in [-0.05, 0) is 43.6 Å². The Morgan fingerprint density at radius 3 is 2.29 bits per heavy atom. The van der Waals surface area contributed by atoms with E-state index in [1.807, 2.05) is 0 Å². The molecule has 1 fully saturated rings. The molecule has 0 unspecified atom stereocenters. The summed E-state index contributed by atoms with van der Waals surface area (Å²) in [5, 5.41) is 0. The van der Waals surface area contributed by atoms with E-state index in [1.165, 1.54) is 37.3 Å². The molecule has 1 aliphatic rings. The lowest BCUT2D eigenvalue weighted by atomic mass is 10.0. The van der Waals surface area contributed by atoms with Gasteiger partial charge in [0.25, 0.3) is 0 Å². The average molecular weight is 232 g/mol. The zero-order valence-corrected chi connectivity index (χ0v) is 11.3. The summed E-state index contributed by atoms with van der Waals surface area (Å²) in [4.78, 5) is 4.93. The molecule has 1 aromatic rings. The molecule has 0 bridgehead atoms. The Balaban J connectivity index is 2.06. The number of anilines is 1. The Kier molecular flexibility index (Phi) is 4.06. The van der Waals surface area contributed by atoms with E-state index in [4.69, 9.17) is 0 Å². The Hall–Kier alpha value is -1.02. The molecule has 0 aromatic heterocycles. The number of benzene rings is 1. The van der Waals surface area contributed by atoms with Crippen molar-refractivity contribution in [2.24, 2.45) is 0 Å². The highest BCUT2D eigenvalue weighted by Gasteiger charge is 2.12. The standard InChI is InChI=1S/C15H24N2/c1-13(2)14-5-7-15(8-6-14)17-10-4-9-16(3)11-12-17/h5-8,13H,4,9-12H2,1-3H3. The SMILES string of the molecule is CC(C)c1ccc(N2CCCN(C)CC2)cc1. The van der Waals surface area contributed by atoms with Crippen molar-refractivity contribution in [1.29, 1.82) is 0 Å². The van der Waals surface area contributed by atoms with Gasteiger partial charge in [0.05, 0.1) is 0 Å². The summed E-state index contributed by atoms with van der Waals surface area (Å²) in [5.74, 6) is 0.624. The summed E-state index contributed by atoms with van der Waals surface area (Å²) in [7, 11) is 2.21. The number of likely N-dealkylation sites (N-methyl/N-ethyl adjacent to an activating group) is 1. The first kappa shape index (κ1) is 12.4. The van der Waals surface area contributed by atoms with Crippen molar-refractivity contribution in [3.63, 3.8) is 0 Å². The molecule has 0 saturated carbocycles. The molecule has 0 N–H and O–H groups in total. The van der Waals surface area contributed by atoms with E-state index in [1.54, 1.807) is 0 Å². The molecule has 1 heterocycles. The van der Waals surface area contributed by atoms with Gasteiger partial charge in [0.15, 0.2) is 0 Å². The van der Waals surface area contributed by atoms with Crippen LogP contribution in [0.15, 0.2) is 24.3 Å². The first-order valence-corrected chi connectivity index (χ1v) is 6.70. The third kappa shape index (κ3) is 3.22. The summed E-state index contributed by atoms with van der Waals surface area (Å²) in [6.07, 6.45) is 1.27. The highest BCUT2D eigenvalue weighted by Crippen LogP contribution is 2.21. The van der Waals surface area contributed by atoms with Crippen LogP contribution in [0.4, 0.5) is 5.69 Å². The third-order valence-electron chi connectivity index (χ3n) is 3.64. The van der Waals surface area contributed by atoms with E-state index in [-0.39, 0.29) is 0 Å². The van der Waals surface area contributed by atoms with E-state index in [2.05, 4.69) is 55.0 Å². The lowest BCUT2D eigenvalue weighted by Gasteiger charge is -2.23. The Bertz CT molecular complexity index is 342. The molecule has 94 valence electrons. The van der Waals surface area contributed by atoms with Gasteiger partial charge in [-0.3, -0.25) is 0 Å². The summed E-state index contributed by atoms with van der Waals surface area (Å²) in [6.45, 7) is 9.22. The molecule has 17 heavy (non-hydrogen) atoms. The lowest BCUT2D eigenvalue weighted by molar-refractivity contribution is 0.360. The van der Waals surface area contributed by atoms with Crippen molar-refractivity contribution in [2.75, 3.05) is 38.1 Å². The second-order valence-electron chi connectivity index (χ2n) is 5.39. The fraction of sp³-hybridized carbons (Fsp3) is 0.600. The zero-order valence-electron chi connectivity index (χ0n) is 11.3. The monoisotopic (exact) mass is 232 g/mol. The van der Waals surface area contributed by atoms with Crippen molar-refractivity contribution < 1.29 is 0 Å². The van der Waals surface area contributed by atoms with Gasteiger partial charge in [-0.25, -0.2) is 0 Å². The molecule has 0 spiro atoms. The van der Waals surface area contributed by atoms with Gasteiger partial charge in [-0.15, -0.1) is 0 Å². The highest BCUT2D eigenvalue weighted by atomic mass is 15.2. The minimum absolute atomic E-state index is 0.624. The van der Waals surface area contributed by atoms with Crippen molar-refractivity contribution in [3.8, 4) is 0 Å². The van der Waals surface area contributed by atoms with Crippen LogP contribution < -0.4 is 4.90 Å². The van der Waals surface area contributed by atoms with Gasteiger partial charge < -0.3 is 9.80 Å². The Morgan fingerprint density at radius 1 is 0.941 bits per heavy atom. The predicted octanol–water partition coefficient (Wildman–Crippen LogP) is 2.95. The van der Waals surface area contributed by atoms with Crippen LogP contribution >= 0.6 is 0 Å². The van der Waals surface area contributed by atoms with Crippen molar-refractivity contribution in [1.82, 2.24) is 4.90 Å². The molecule has 2 nitrogen and oxygen atoms in total.